The highest BCUT2D eigenvalue weighted by atomic mass is 16.5. The lowest BCUT2D eigenvalue weighted by molar-refractivity contribution is -0.133. The number of carbonyl (C=O) groups excluding carboxylic acids is 4. The van der Waals surface area contributed by atoms with Crippen LogP contribution in [0.4, 0.5) is 0 Å². The van der Waals surface area contributed by atoms with Crippen LogP contribution < -0.4 is 30.7 Å². The van der Waals surface area contributed by atoms with Crippen LogP contribution in [0.1, 0.15) is 41.3 Å². The standard InChI is InChI=1S/C34H40N4O7/c1-22(39)31-34(43)36-25(18-23-10-4-3-5-11-23)21-45-29-16-7-6-15-27(29)32(41)37-28(20-30(40)38-31)33(42)35-17-9-13-24-12-8-14-26(19-24)44-2/h3-8,10-12,14-16,19,22,25,28,31,39H,9,13,17-18,20-21H2,1-2H3,(H,35,42)(H,36,43)(H,37,41)(H,38,40)/t22-,25-,28+,31+/m1/s1. The van der Waals surface area contributed by atoms with Crippen LogP contribution >= 0.6 is 0 Å². The Morgan fingerprint density at radius 1 is 0.978 bits per heavy atom. The second-order valence-corrected chi connectivity index (χ2v) is 11.0. The number of benzene rings is 3. The van der Waals surface area contributed by atoms with Crippen molar-refractivity contribution in [3.63, 3.8) is 0 Å². The van der Waals surface area contributed by atoms with Gasteiger partial charge in [-0.15, -0.1) is 0 Å². The number of methoxy groups -OCH3 is 1. The fourth-order valence-electron chi connectivity index (χ4n) is 5.04. The highest BCUT2D eigenvalue weighted by Crippen LogP contribution is 2.20. The van der Waals surface area contributed by atoms with Gasteiger partial charge in [-0.2, -0.15) is 0 Å². The lowest BCUT2D eigenvalue weighted by Crippen LogP contribution is -2.57. The number of amides is 4. The summed E-state index contributed by atoms with van der Waals surface area (Å²) in [6.45, 7) is 1.69. The summed E-state index contributed by atoms with van der Waals surface area (Å²) in [4.78, 5) is 53.2. The second-order valence-electron chi connectivity index (χ2n) is 11.0. The molecule has 1 aliphatic heterocycles. The molecule has 5 N–H and O–H groups in total. The molecule has 45 heavy (non-hydrogen) atoms. The van der Waals surface area contributed by atoms with Crippen LogP contribution in [-0.4, -0.2) is 73.2 Å². The summed E-state index contributed by atoms with van der Waals surface area (Å²) in [5, 5.41) is 21.3. The highest BCUT2D eigenvalue weighted by Gasteiger charge is 2.31. The third-order valence-corrected chi connectivity index (χ3v) is 7.41. The Morgan fingerprint density at radius 2 is 1.71 bits per heavy atom. The zero-order valence-electron chi connectivity index (χ0n) is 25.5. The van der Waals surface area contributed by atoms with E-state index in [1.54, 1.807) is 31.4 Å². The Kier molecular flexibility index (Phi) is 11.9. The molecule has 0 saturated carbocycles. The van der Waals surface area contributed by atoms with Crippen molar-refractivity contribution in [1.29, 1.82) is 0 Å². The van der Waals surface area contributed by atoms with Crippen LogP contribution in [0.2, 0.25) is 0 Å². The molecular formula is C34H40N4O7. The van der Waals surface area contributed by atoms with Crippen LogP contribution in [0.25, 0.3) is 0 Å². The van der Waals surface area contributed by atoms with E-state index in [4.69, 9.17) is 9.47 Å². The number of nitrogens with one attached hydrogen (secondary N) is 4. The number of aryl methyl sites for hydroxylation is 1. The fraction of sp³-hybridized carbons (Fsp3) is 0.353. The number of hydrogen-bond donors (Lipinski definition) is 5. The molecule has 3 aromatic carbocycles. The summed E-state index contributed by atoms with van der Waals surface area (Å²) in [5.41, 5.74) is 2.16. The molecule has 0 fully saturated rings. The Morgan fingerprint density at radius 3 is 2.47 bits per heavy atom. The molecule has 0 unspecified atom stereocenters. The number of fused-ring (bicyclic) bond motifs is 1. The van der Waals surface area contributed by atoms with E-state index < -0.39 is 54.3 Å². The number of aliphatic hydroxyl groups is 1. The predicted octanol–water partition coefficient (Wildman–Crippen LogP) is 1.92. The van der Waals surface area contributed by atoms with Crippen LogP contribution in [-0.2, 0) is 27.2 Å². The molecule has 1 aliphatic rings. The van der Waals surface area contributed by atoms with Gasteiger partial charge in [0.25, 0.3) is 5.91 Å². The Labute approximate surface area is 262 Å². The SMILES string of the molecule is COc1cccc(CCCNC(=O)[C@@H]2CC(=O)N[C@@H]([C@@H](C)O)C(=O)N[C@H](Cc3ccccc3)COc3ccccc3C(=O)N2)c1. The summed E-state index contributed by atoms with van der Waals surface area (Å²) in [7, 11) is 1.60. The third-order valence-electron chi connectivity index (χ3n) is 7.41. The first-order valence-electron chi connectivity index (χ1n) is 15.0. The van der Waals surface area contributed by atoms with Crippen molar-refractivity contribution >= 4 is 23.6 Å². The summed E-state index contributed by atoms with van der Waals surface area (Å²) in [6, 6.07) is 20.6. The maximum Gasteiger partial charge on any atom is 0.255 e. The minimum absolute atomic E-state index is 0.00259. The van der Waals surface area contributed by atoms with E-state index in [9.17, 15) is 24.3 Å². The monoisotopic (exact) mass is 616 g/mol. The van der Waals surface area contributed by atoms with Gasteiger partial charge in [-0.25, -0.2) is 0 Å². The van der Waals surface area contributed by atoms with Crippen molar-refractivity contribution < 1.29 is 33.8 Å². The summed E-state index contributed by atoms with van der Waals surface area (Å²) in [5.74, 6) is -1.44. The number of rotatable bonds is 9. The van der Waals surface area contributed by atoms with Crippen molar-refractivity contribution in [1.82, 2.24) is 21.3 Å². The van der Waals surface area contributed by atoms with E-state index in [2.05, 4.69) is 21.3 Å². The highest BCUT2D eigenvalue weighted by molar-refractivity contribution is 6.01. The minimum atomic E-state index is -1.30. The molecule has 0 aromatic heterocycles. The second kappa shape index (κ2) is 16.2. The molecule has 0 aliphatic carbocycles. The number of ether oxygens (including phenoxy) is 2. The van der Waals surface area contributed by atoms with E-state index in [1.807, 2.05) is 54.6 Å². The van der Waals surface area contributed by atoms with Crippen LogP contribution in [0, 0.1) is 0 Å². The van der Waals surface area contributed by atoms with Crippen LogP contribution in [0.5, 0.6) is 11.5 Å². The van der Waals surface area contributed by atoms with Gasteiger partial charge in [-0.05, 0) is 61.6 Å². The zero-order chi connectivity index (χ0) is 32.2. The van der Waals surface area contributed by atoms with Crippen molar-refractivity contribution in [3.05, 3.63) is 95.6 Å². The van der Waals surface area contributed by atoms with E-state index in [0.29, 0.717) is 25.8 Å². The molecule has 11 heteroatoms. The molecule has 4 amide bonds. The molecule has 0 bridgehead atoms. The van der Waals surface area contributed by atoms with E-state index in [0.717, 1.165) is 16.9 Å². The van der Waals surface area contributed by atoms with E-state index in [1.165, 1.54) is 6.92 Å². The van der Waals surface area contributed by atoms with E-state index in [-0.39, 0.29) is 17.9 Å². The van der Waals surface area contributed by atoms with Crippen molar-refractivity contribution in [2.75, 3.05) is 20.3 Å². The lowest BCUT2D eigenvalue weighted by Gasteiger charge is -2.27. The maximum absolute atomic E-state index is 13.4. The van der Waals surface area contributed by atoms with Gasteiger partial charge in [-0.1, -0.05) is 54.6 Å². The zero-order valence-corrected chi connectivity index (χ0v) is 25.5. The Hall–Kier alpha value is -4.90. The third kappa shape index (κ3) is 9.80. The van der Waals surface area contributed by atoms with Crippen molar-refractivity contribution in [3.8, 4) is 11.5 Å². The first kappa shape index (κ1) is 33.0. The number of hydrogen-bond acceptors (Lipinski definition) is 7. The molecule has 0 saturated heterocycles. The molecule has 238 valence electrons. The molecule has 3 aromatic rings. The van der Waals surface area contributed by atoms with Crippen molar-refractivity contribution in [2.24, 2.45) is 0 Å². The lowest BCUT2D eigenvalue weighted by atomic mass is 10.0. The summed E-state index contributed by atoms with van der Waals surface area (Å²) >= 11 is 0. The fourth-order valence-corrected chi connectivity index (χ4v) is 5.04. The average molecular weight is 617 g/mol. The van der Waals surface area contributed by atoms with Crippen molar-refractivity contribution in [2.45, 2.75) is 56.8 Å². The van der Waals surface area contributed by atoms with Gasteiger partial charge in [0.1, 0.15) is 30.2 Å². The van der Waals surface area contributed by atoms with Gasteiger partial charge >= 0.3 is 0 Å². The molecule has 0 radical (unpaired) electrons. The van der Waals surface area contributed by atoms with Gasteiger partial charge in [0.05, 0.1) is 31.2 Å². The number of aliphatic hydroxyl groups excluding tert-OH is 1. The predicted molar refractivity (Wildman–Crippen MR) is 168 cm³/mol. The molecule has 4 rings (SSSR count). The van der Waals surface area contributed by atoms with Gasteiger partial charge in [-0.3, -0.25) is 19.2 Å². The number of para-hydroxylation sites is 1. The Bertz CT molecular complexity index is 1460. The molecule has 0 spiro atoms. The van der Waals surface area contributed by atoms with Gasteiger partial charge in [0.2, 0.25) is 17.7 Å². The quantitative estimate of drug-likeness (QED) is 0.230. The normalized spacial score (nSPS) is 19.8. The Balaban J connectivity index is 1.52. The van der Waals surface area contributed by atoms with Crippen LogP contribution in [0.15, 0.2) is 78.9 Å². The molecule has 1 heterocycles. The summed E-state index contributed by atoms with van der Waals surface area (Å²) in [6.07, 6.45) is -0.00563. The minimum Gasteiger partial charge on any atom is -0.497 e. The largest absolute Gasteiger partial charge is 0.497 e. The molecule has 11 nitrogen and oxygen atoms in total. The van der Waals surface area contributed by atoms with Gasteiger partial charge in [0.15, 0.2) is 0 Å². The topological polar surface area (TPSA) is 155 Å². The molecule has 4 atom stereocenters. The smallest absolute Gasteiger partial charge is 0.255 e. The van der Waals surface area contributed by atoms with Gasteiger partial charge in [0, 0.05) is 6.54 Å². The van der Waals surface area contributed by atoms with Gasteiger partial charge < -0.3 is 35.8 Å². The van der Waals surface area contributed by atoms with Crippen LogP contribution in [0.3, 0.4) is 0 Å². The molecular weight excluding hydrogens is 576 g/mol. The van der Waals surface area contributed by atoms with E-state index >= 15 is 0 Å². The average Bonchev–Trinajstić information content (AvgIpc) is 3.04. The summed E-state index contributed by atoms with van der Waals surface area (Å²) < 4.78 is 11.3. The number of carbonyl (C=O) groups is 4. The first-order chi connectivity index (χ1) is 21.7. The maximum atomic E-state index is 13.4. The first-order valence-corrected chi connectivity index (χ1v) is 15.0.